The first-order valence-corrected chi connectivity index (χ1v) is 6.34. The smallest absolute Gasteiger partial charge is 0.224 e. The zero-order valence-electron chi connectivity index (χ0n) is 9.34. The summed E-state index contributed by atoms with van der Waals surface area (Å²) < 4.78 is 5.40. The Morgan fingerprint density at radius 3 is 3.18 bits per heavy atom. The predicted octanol–water partition coefficient (Wildman–Crippen LogP) is 2.86. The first-order chi connectivity index (χ1) is 8.25. The van der Waals surface area contributed by atoms with Crippen LogP contribution >= 0.6 is 11.3 Å². The number of fused-ring (bicyclic) bond motifs is 1. The molecule has 0 aromatic carbocycles. The van der Waals surface area contributed by atoms with Gasteiger partial charge in [-0.2, -0.15) is 0 Å². The summed E-state index contributed by atoms with van der Waals surface area (Å²) in [5, 5.41) is 7.39. The van der Waals surface area contributed by atoms with Gasteiger partial charge in [-0.15, -0.1) is 11.3 Å². The average molecular weight is 248 g/mol. The third-order valence-electron chi connectivity index (χ3n) is 2.89. The quantitative estimate of drug-likeness (QED) is 0.844. The summed E-state index contributed by atoms with van der Waals surface area (Å²) in [6.45, 7) is 2.19. The molecule has 0 saturated heterocycles. The van der Waals surface area contributed by atoms with E-state index in [-0.39, 0.29) is 11.9 Å². The lowest BCUT2D eigenvalue weighted by molar-refractivity contribution is -0.116. The minimum Gasteiger partial charge on any atom is -0.467 e. The number of amides is 1. The summed E-state index contributed by atoms with van der Waals surface area (Å²) in [5.41, 5.74) is 1.96. The lowest BCUT2D eigenvalue weighted by Gasteiger charge is -2.32. The van der Waals surface area contributed by atoms with Gasteiger partial charge in [-0.25, -0.2) is 0 Å². The van der Waals surface area contributed by atoms with E-state index in [1.165, 1.54) is 0 Å². The molecule has 1 N–H and O–H groups in total. The number of carbonyl (C=O) groups is 1. The molecule has 0 bridgehead atoms. The summed E-state index contributed by atoms with van der Waals surface area (Å²) in [5.74, 6) is 0.913. The highest BCUT2D eigenvalue weighted by Gasteiger charge is 2.29. The SMILES string of the molecule is CC(=O)N1CC(c2ccco2)Nc2cscc21. The lowest BCUT2D eigenvalue weighted by atomic mass is 10.1. The number of hydrogen-bond donors (Lipinski definition) is 1. The molecule has 0 aliphatic carbocycles. The monoisotopic (exact) mass is 248 g/mol. The van der Waals surface area contributed by atoms with E-state index in [0.29, 0.717) is 6.54 Å². The molecule has 0 fully saturated rings. The molecular formula is C12H12N2O2S. The van der Waals surface area contributed by atoms with E-state index in [2.05, 4.69) is 5.32 Å². The van der Waals surface area contributed by atoms with Gasteiger partial charge in [0, 0.05) is 17.7 Å². The molecule has 1 aliphatic heterocycles. The molecule has 88 valence electrons. The molecule has 1 amide bonds. The van der Waals surface area contributed by atoms with Gasteiger partial charge in [-0.1, -0.05) is 0 Å². The largest absolute Gasteiger partial charge is 0.467 e. The number of furan rings is 1. The molecule has 1 atom stereocenters. The number of thiophene rings is 1. The van der Waals surface area contributed by atoms with Gasteiger partial charge in [0.05, 0.1) is 24.2 Å². The van der Waals surface area contributed by atoms with Gasteiger partial charge in [0.15, 0.2) is 0 Å². The summed E-state index contributed by atoms with van der Waals surface area (Å²) in [6.07, 6.45) is 1.65. The van der Waals surface area contributed by atoms with Crippen molar-refractivity contribution in [3.8, 4) is 0 Å². The van der Waals surface area contributed by atoms with Crippen LogP contribution in [0.25, 0.3) is 0 Å². The Bertz CT molecular complexity index is 532. The van der Waals surface area contributed by atoms with Crippen LogP contribution in [-0.4, -0.2) is 12.5 Å². The lowest BCUT2D eigenvalue weighted by Crippen LogP contribution is -2.38. The molecule has 0 saturated carbocycles. The Kier molecular flexibility index (Phi) is 2.40. The van der Waals surface area contributed by atoms with Crippen LogP contribution < -0.4 is 10.2 Å². The number of anilines is 2. The van der Waals surface area contributed by atoms with Gasteiger partial charge in [-0.05, 0) is 12.1 Å². The fraction of sp³-hybridized carbons (Fsp3) is 0.250. The Hall–Kier alpha value is -1.75. The highest BCUT2D eigenvalue weighted by molar-refractivity contribution is 7.09. The topological polar surface area (TPSA) is 45.5 Å². The molecule has 5 heteroatoms. The van der Waals surface area contributed by atoms with E-state index in [4.69, 9.17) is 4.42 Å². The van der Waals surface area contributed by atoms with Crippen LogP contribution in [0.1, 0.15) is 18.7 Å². The van der Waals surface area contributed by atoms with Crippen molar-refractivity contribution >= 4 is 28.6 Å². The normalized spacial score (nSPS) is 18.6. The zero-order valence-corrected chi connectivity index (χ0v) is 10.2. The molecule has 3 heterocycles. The van der Waals surface area contributed by atoms with Crippen molar-refractivity contribution in [1.29, 1.82) is 0 Å². The molecular weight excluding hydrogens is 236 g/mol. The predicted molar refractivity (Wildman–Crippen MR) is 67.4 cm³/mol. The van der Waals surface area contributed by atoms with Crippen LogP contribution in [0.5, 0.6) is 0 Å². The van der Waals surface area contributed by atoms with Crippen LogP contribution in [0.4, 0.5) is 11.4 Å². The van der Waals surface area contributed by atoms with E-state index in [9.17, 15) is 4.79 Å². The Morgan fingerprint density at radius 1 is 1.59 bits per heavy atom. The van der Waals surface area contributed by atoms with Crippen molar-refractivity contribution in [2.24, 2.45) is 0 Å². The van der Waals surface area contributed by atoms with E-state index < -0.39 is 0 Å². The second kappa shape index (κ2) is 3.92. The first kappa shape index (κ1) is 10.4. The van der Waals surface area contributed by atoms with Crippen LogP contribution in [0.2, 0.25) is 0 Å². The molecule has 2 aromatic rings. The second-order valence-corrected chi connectivity index (χ2v) is 4.76. The van der Waals surface area contributed by atoms with Crippen molar-refractivity contribution in [3.05, 3.63) is 34.9 Å². The summed E-state index contributed by atoms with van der Waals surface area (Å²) in [4.78, 5) is 13.4. The molecule has 1 unspecified atom stereocenters. The van der Waals surface area contributed by atoms with Gasteiger partial charge in [0.25, 0.3) is 0 Å². The van der Waals surface area contributed by atoms with Crippen molar-refractivity contribution in [1.82, 2.24) is 0 Å². The highest BCUT2D eigenvalue weighted by Crippen LogP contribution is 2.38. The van der Waals surface area contributed by atoms with Crippen molar-refractivity contribution in [2.45, 2.75) is 13.0 Å². The van der Waals surface area contributed by atoms with Crippen LogP contribution in [-0.2, 0) is 4.79 Å². The van der Waals surface area contributed by atoms with Crippen LogP contribution in [0, 0.1) is 0 Å². The number of rotatable bonds is 1. The number of hydrogen-bond acceptors (Lipinski definition) is 4. The molecule has 0 radical (unpaired) electrons. The standard InChI is InChI=1S/C12H12N2O2S/c1-8(15)14-5-9(12-3-2-4-16-12)13-10-6-17-7-11(10)14/h2-4,6-7,9,13H,5H2,1H3. The molecule has 3 rings (SSSR count). The molecule has 17 heavy (non-hydrogen) atoms. The number of nitrogens with one attached hydrogen (secondary N) is 1. The van der Waals surface area contributed by atoms with Gasteiger partial charge in [0.2, 0.25) is 5.91 Å². The molecule has 0 spiro atoms. The Morgan fingerprint density at radius 2 is 2.47 bits per heavy atom. The Labute approximate surface area is 103 Å². The zero-order chi connectivity index (χ0) is 11.8. The Balaban J connectivity index is 1.97. The maximum Gasteiger partial charge on any atom is 0.224 e. The fourth-order valence-electron chi connectivity index (χ4n) is 2.07. The first-order valence-electron chi connectivity index (χ1n) is 5.40. The maximum atomic E-state index is 11.6. The third kappa shape index (κ3) is 1.72. The van der Waals surface area contributed by atoms with Gasteiger partial charge in [-0.3, -0.25) is 4.79 Å². The third-order valence-corrected chi connectivity index (χ3v) is 3.63. The fourth-order valence-corrected chi connectivity index (χ4v) is 2.85. The van der Waals surface area contributed by atoms with Crippen molar-refractivity contribution in [3.63, 3.8) is 0 Å². The van der Waals surface area contributed by atoms with Gasteiger partial charge in [0.1, 0.15) is 11.8 Å². The highest BCUT2D eigenvalue weighted by atomic mass is 32.1. The minimum atomic E-state index is 0.0241. The molecule has 4 nitrogen and oxygen atoms in total. The van der Waals surface area contributed by atoms with Crippen molar-refractivity contribution in [2.75, 3.05) is 16.8 Å². The van der Waals surface area contributed by atoms with E-state index >= 15 is 0 Å². The average Bonchev–Trinajstić information content (AvgIpc) is 2.98. The summed E-state index contributed by atoms with van der Waals surface area (Å²) in [7, 11) is 0. The minimum absolute atomic E-state index is 0.0241. The molecule has 2 aromatic heterocycles. The van der Waals surface area contributed by atoms with E-state index in [1.807, 2.05) is 22.9 Å². The van der Waals surface area contributed by atoms with E-state index in [1.54, 1.807) is 29.4 Å². The second-order valence-electron chi connectivity index (χ2n) is 4.01. The van der Waals surface area contributed by atoms with E-state index in [0.717, 1.165) is 17.1 Å². The van der Waals surface area contributed by atoms with Gasteiger partial charge >= 0.3 is 0 Å². The van der Waals surface area contributed by atoms with Gasteiger partial charge < -0.3 is 14.6 Å². The summed E-state index contributed by atoms with van der Waals surface area (Å²) in [6, 6.07) is 3.81. The van der Waals surface area contributed by atoms with Crippen molar-refractivity contribution < 1.29 is 9.21 Å². The van der Waals surface area contributed by atoms with Crippen LogP contribution in [0.3, 0.4) is 0 Å². The molecule has 1 aliphatic rings. The maximum absolute atomic E-state index is 11.6. The summed E-state index contributed by atoms with van der Waals surface area (Å²) >= 11 is 1.59. The number of carbonyl (C=O) groups excluding carboxylic acids is 1. The van der Waals surface area contributed by atoms with Crippen LogP contribution in [0.15, 0.2) is 33.6 Å². The number of nitrogens with zero attached hydrogens (tertiary/aromatic N) is 1.